The van der Waals surface area contributed by atoms with Gasteiger partial charge in [-0.3, -0.25) is 4.79 Å². The van der Waals surface area contributed by atoms with Crippen LogP contribution in [-0.2, 0) is 0 Å². The van der Waals surface area contributed by atoms with Crippen molar-refractivity contribution in [1.82, 2.24) is 4.90 Å². The van der Waals surface area contributed by atoms with Crippen molar-refractivity contribution >= 4 is 55.8 Å². The number of carbonyl (C=O) groups excluding carboxylic acids is 1. The van der Waals surface area contributed by atoms with E-state index in [2.05, 4.69) is 52.4 Å². The molecule has 17 heavy (non-hydrogen) atoms. The topological polar surface area (TPSA) is 20.3 Å². The van der Waals surface area contributed by atoms with Crippen LogP contribution >= 0.6 is 49.9 Å². The Bertz CT molecular complexity index is 365. The molecule has 0 saturated carbocycles. The van der Waals surface area contributed by atoms with Crippen LogP contribution in [0.5, 0.6) is 0 Å². The van der Waals surface area contributed by atoms with Gasteiger partial charge < -0.3 is 4.90 Å². The summed E-state index contributed by atoms with van der Waals surface area (Å²) in [5.41, 5.74) is 0.826. The van der Waals surface area contributed by atoms with Crippen molar-refractivity contribution in [2.45, 2.75) is 32.7 Å². The van der Waals surface area contributed by atoms with Crippen molar-refractivity contribution in [3.63, 3.8) is 0 Å². The van der Waals surface area contributed by atoms with E-state index in [1.807, 2.05) is 16.3 Å². The number of hydrogen-bond donors (Lipinski definition) is 0. The molecule has 96 valence electrons. The maximum atomic E-state index is 12.4. The number of hydrogen-bond acceptors (Lipinski definition) is 2. The molecule has 0 spiro atoms. The lowest BCUT2D eigenvalue weighted by Crippen LogP contribution is -2.40. The second kappa shape index (κ2) is 7.74. The molecule has 0 unspecified atom stereocenters. The van der Waals surface area contributed by atoms with Crippen molar-refractivity contribution in [3.05, 3.63) is 19.9 Å². The number of amides is 1. The van der Waals surface area contributed by atoms with Crippen LogP contribution in [0.1, 0.15) is 37.0 Å². The molecule has 0 aliphatic carbocycles. The number of nitrogens with zero attached hydrogens (tertiary/aromatic N) is 1. The summed E-state index contributed by atoms with van der Waals surface area (Å²) < 4.78 is 1.16. The molecule has 1 aromatic rings. The molecular weight excluding hydrogens is 413 g/mol. The van der Waals surface area contributed by atoms with Gasteiger partial charge in [0.25, 0.3) is 5.91 Å². The van der Waals surface area contributed by atoms with Crippen LogP contribution in [-0.4, -0.2) is 28.7 Å². The van der Waals surface area contributed by atoms with Crippen LogP contribution in [0.3, 0.4) is 0 Å². The Balaban J connectivity index is 2.86. The van der Waals surface area contributed by atoms with Gasteiger partial charge in [-0.2, -0.15) is 0 Å². The maximum Gasteiger partial charge on any atom is 0.255 e. The van der Waals surface area contributed by atoms with Crippen molar-refractivity contribution < 1.29 is 4.79 Å². The van der Waals surface area contributed by atoms with E-state index in [1.165, 1.54) is 0 Å². The normalized spacial score (nSPS) is 10.9. The van der Waals surface area contributed by atoms with Crippen LogP contribution in [0.4, 0.5) is 0 Å². The second-order valence-electron chi connectivity index (χ2n) is 3.80. The minimum atomic E-state index is 0.164. The Morgan fingerprint density at radius 1 is 1.53 bits per heavy atom. The fourth-order valence-corrected chi connectivity index (χ4v) is 3.56. The van der Waals surface area contributed by atoms with E-state index >= 15 is 0 Å². The minimum Gasteiger partial charge on any atom is -0.335 e. The Labute approximate surface area is 129 Å². The van der Waals surface area contributed by atoms with Gasteiger partial charge in [-0.25, -0.2) is 0 Å². The highest BCUT2D eigenvalue weighted by molar-refractivity contribution is 14.1. The molecule has 0 bridgehead atoms. The van der Waals surface area contributed by atoms with Crippen molar-refractivity contribution in [2.24, 2.45) is 0 Å². The summed E-state index contributed by atoms with van der Waals surface area (Å²) >= 11 is 7.31. The molecule has 0 N–H and O–H groups in total. The Morgan fingerprint density at radius 3 is 2.59 bits per heavy atom. The van der Waals surface area contributed by atoms with Crippen LogP contribution in [0, 0.1) is 2.88 Å². The van der Waals surface area contributed by atoms with Crippen molar-refractivity contribution in [3.8, 4) is 0 Å². The third-order valence-corrected chi connectivity index (χ3v) is 4.93. The fourth-order valence-electron chi connectivity index (χ4n) is 1.86. The van der Waals surface area contributed by atoms with Crippen LogP contribution in [0.2, 0.25) is 0 Å². The number of alkyl halides is 1. The summed E-state index contributed by atoms with van der Waals surface area (Å²) in [6, 6.07) is 2.31. The summed E-state index contributed by atoms with van der Waals surface area (Å²) in [7, 11) is 0. The molecule has 2 nitrogen and oxygen atoms in total. The Morgan fingerprint density at radius 2 is 2.18 bits per heavy atom. The molecule has 1 heterocycles. The largest absolute Gasteiger partial charge is 0.335 e. The van der Waals surface area contributed by atoms with E-state index in [0.717, 1.165) is 33.2 Å². The van der Waals surface area contributed by atoms with Crippen LogP contribution in [0.25, 0.3) is 0 Å². The standard InChI is InChI=1S/C12H17BrINOS/c1-3-10(4-2)15(6-5-13)12(16)9-7-11(14)17-8-9/h7-8,10H,3-6H2,1-2H3. The first-order valence-electron chi connectivity index (χ1n) is 5.74. The van der Waals surface area contributed by atoms with Gasteiger partial charge in [0.1, 0.15) is 0 Å². The zero-order valence-electron chi connectivity index (χ0n) is 10.1. The van der Waals surface area contributed by atoms with Crippen molar-refractivity contribution in [1.29, 1.82) is 0 Å². The zero-order chi connectivity index (χ0) is 12.8. The number of carbonyl (C=O) groups is 1. The first-order chi connectivity index (χ1) is 8.13. The minimum absolute atomic E-state index is 0.164. The number of halogens is 2. The quantitative estimate of drug-likeness (QED) is 0.485. The second-order valence-corrected chi connectivity index (χ2v) is 7.40. The van der Waals surface area contributed by atoms with E-state index in [9.17, 15) is 4.79 Å². The predicted octanol–water partition coefficient (Wildman–Crippen LogP) is 4.38. The first kappa shape index (κ1) is 15.4. The van der Waals surface area contributed by atoms with E-state index in [4.69, 9.17) is 0 Å². The Kier molecular flexibility index (Phi) is 7.02. The molecule has 1 amide bonds. The third kappa shape index (κ3) is 4.21. The van der Waals surface area contributed by atoms with E-state index in [1.54, 1.807) is 11.3 Å². The van der Waals surface area contributed by atoms with E-state index in [-0.39, 0.29) is 5.91 Å². The average molecular weight is 430 g/mol. The molecule has 5 heteroatoms. The van der Waals surface area contributed by atoms with Gasteiger partial charge in [0.2, 0.25) is 0 Å². The highest BCUT2D eigenvalue weighted by Crippen LogP contribution is 2.20. The molecule has 0 saturated heterocycles. The van der Waals surface area contributed by atoms with Gasteiger partial charge in [0.05, 0.1) is 8.45 Å². The number of rotatable bonds is 6. The molecule has 0 atom stereocenters. The lowest BCUT2D eigenvalue weighted by molar-refractivity contribution is 0.0683. The monoisotopic (exact) mass is 429 g/mol. The van der Waals surface area contributed by atoms with Gasteiger partial charge in [0.15, 0.2) is 0 Å². The van der Waals surface area contributed by atoms with E-state index in [0.29, 0.717) is 6.04 Å². The van der Waals surface area contributed by atoms with Crippen LogP contribution < -0.4 is 0 Å². The molecule has 1 aromatic heterocycles. The molecule has 0 aliphatic heterocycles. The number of thiophene rings is 1. The van der Waals surface area contributed by atoms with Crippen LogP contribution in [0.15, 0.2) is 11.4 Å². The smallest absolute Gasteiger partial charge is 0.255 e. The van der Waals surface area contributed by atoms with Gasteiger partial charge in [-0.05, 0) is 41.5 Å². The van der Waals surface area contributed by atoms with Gasteiger partial charge in [0, 0.05) is 23.3 Å². The summed E-state index contributed by atoms with van der Waals surface area (Å²) in [6.07, 6.45) is 2.02. The fraction of sp³-hybridized carbons (Fsp3) is 0.583. The lowest BCUT2D eigenvalue weighted by atomic mass is 10.1. The van der Waals surface area contributed by atoms with Gasteiger partial charge in [-0.15, -0.1) is 11.3 Å². The summed E-state index contributed by atoms with van der Waals surface area (Å²) in [5.74, 6) is 0.164. The molecule has 1 rings (SSSR count). The first-order valence-corrected chi connectivity index (χ1v) is 8.82. The molecule has 0 aliphatic rings. The van der Waals surface area contributed by atoms with Crippen molar-refractivity contribution in [2.75, 3.05) is 11.9 Å². The summed E-state index contributed by atoms with van der Waals surface area (Å²) in [4.78, 5) is 14.4. The average Bonchev–Trinajstić information content (AvgIpc) is 2.75. The third-order valence-electron chi connectivity index (χ3n) is 2.78. The maximum absolute atomic E-state index is 12.4. The van der Waals surface area contributed by atoms with E-state index < -0.39 is 0 Å². The molecule has 0 aromatic carbocycles. The molecular formula is C12H17BrINOS. The SMILES string of the molecule is CCC(CC)N(CCBr)C(=O)c1csc(I)c1. The molecule has 0 radical (unpaired) electrons. The lowest BCUT2D eigenvalue weighted by Gasteiger charge is -2.29. The highest BCUT2D eigenvalue weighted by atomic mass is 127. The van der Waals surface area contributed by atoms with Gasteiger partial charge >= 0.3 is 0 Å². The predicted molar refractivity (Wildman–Crippen MR) is 86.2 cm³/mol. The Hall–Kier alpha value is 0.380. The summed E-state index contributed by atoms with van der Waals surface area (Å²) in [5, 5.41) is 2.78. The highest BCUT2D eigenvalue weighted by Gasteiger charge is 2.22. The van der Waals surface area contributed by atoms with Gasteiger partial charge in [-0.1, -0.05) is 29.8 Å². The summed E-state index contributed by atoms with van der Waals surface area (Å²) in [6.45, 7) is 5.05. The zero-order valence-corrected chi connectivity index (χ0v) is 14.6. The molecule has 0 fully saturated rings.